The van der Waals surface area contributed by atoms with Gasteiger partial charge in [0.2, 0.25) is 0 Å². The molecular weight excluding hydrogens is 252 g/mol. The van der Waals surface area contributed by atoms with Crippen LogP contribution in [0.5, 0.6) is 11.5 Å². The topological polar surface area (TPSA) is 35.5 Å². The highest BCUT2D eigenvalue weighted by atomic mass is 16.5. The molecule has 0 bridgehead atoms. The molecule has 3 nitrogen and oxygen atoms in total. The number of carbonyl (C=O) groups excluding carboxylic acids is 1. The zero-order valence-electron chi connectivity index (χ0n) is 12.9. The molecule has 20 heavy (non-hydrogen) atoms. The number of hydrogen-bond donors (Lipinski definition) is 0. The predicted octanol–water partition coefficient (Wildman–Crippen LogP) is 4.17. The molecule has 3 heteroatoms. The lowest BCUT2D eigenvalue weighted by atomic mass is 9.70. The third-order valence-electron chi connectivity index (χ3n) is 4.48. The minimum atomic E-state index is -0.220. The van der Waals surface area contributed by atoms with Crippen LogP contribution in [0.3, 0.4) is 0 Å². The van der Waals surface area contributed by atoms with E-state index in [4.69, 9.17) is 9.47 Å². The van der Waals surface area contributed by atoms with Crippen molar-refractivity contribution in [1.82, 2.24) is 0 Å². The van der Waals surface area contributed by atoms with Gasteiger partial charge in [0.15, 0.2) is 17.3 Å². The van der Waals surface area contributed by atoms with Gasteiger partial charge in [0.25, 0.3) is 0 Å². The van der Waals surface area contributed by atoms with Gasteiger partial charge in [-0.25, -0.2) is 0 Å². The summed E-state index contributed by atoms with van der Waals surface area (Å²) in [5.41, 5.74) is 1.51. The molecule has 1 saturated carbocycles. The van der Waals surface area contributed by atoms with Crippen molar-refractivity contribution in [2.75, 3.05) is 14.2 Å². The molecule has 1 aromatic carbocycles. The maximum atomic E-state index is 12.9. The van der Waals surface area contributed by atoms with E-state index in [-0.39, 0.29) is 11.2 Å². The van der Waals surface area contributed by atoms with Gasteiger partial charge in [0.1, 0.15) is 0 Å². The number of rotatable bonds is 4. The van der Waals surface area contributed by atoms with Crippen LogP contribution < -0.4 is 9.47 Å². The molecule has 1 fully saturated rings. The molecule has 0 unspecified atom stereocenters. The van der Waals surface area contributed by atoms with E-state index in [1.807, 2.05) is 19.1 Å². The van der Waals surface area contributed by atoms with Crippen molar-refractivity contribution in [1.29, 1.82) is 0 Å². The van der Waals surface area contributed by atoms with Crippen molar-refractivity contribution in [3.63, 3.8) is 0 Å². The van der Waals surface area contributed by atoms with Gasteiger partial charge in [-0.1, -0.05) is 26.2 Å². The largest absolute Gasteiger partial charge is 0.493 e. The summed E-state index contributed by atoms with van der Waals surface area (Å²) in [6, 6.07) is 3.72. The van der Waals surface area contributed by atoms with Crippen LogP contribution >= 0.6 is 0 Å². The highest BCUT2D eigenvalue weighted by molar-refractivity contribution is 6.02. The Morgan fingerprint density at radius 1 is 1.05 bits per heavy atom. The zero-order chi connectivity index (χ0) is 14.8. The van der Waals surface area contributed by atoms with E-state index in [0.29, 0.717) is 11.5 Å². The summed E-state index contributed by atoms with van der Waals surface area (Å²) in [6.07, 6.45) is 5.51. The van der Waals surface area contributed by atoms with E-state index in [1.165, 1.54) is 6.42 Å². The predicted molar refractivity (Wildman–Crippen MR) is 79.8 cm³/mol. The second-order valence-electron chi connectivity index (χ2n) is 5.97. The van der Waals surface area contributed by atoms with Gasteiger partial charge in [0, 0.05) is 11.0 Å². The first-order chi connectivity index (χ1) is 9.51. The maximum absolute atomic E-state index is 12.9. The second-order valence-corrected chi connectivity index (χ2v) is 5.97. The van der Waals surface area contributed by atoms with Gasteiger partial charge in [-0.3, -0.25) is 4.79 Å². The summed E-state index contributed by atoms with van der Waals surface area (Å²) in [6.45, 7) is 4.06. The van der Waals surface area contributed by atoms with E-state index in [0.717, 1.165) is 36.8 Å². The first kappa shape index (κ1) is 14.9. The van der Waals surface area contributed by atoms with E-state index in [1.54, 1.807) is 14.2 Å². The third kappa shape index (κ3) is 2.67. The number of carbonyl (C=O) groups is 1. The van der Waals surface area contributed by atoms with Gasteiger partial charge in [-0.05, 0) is 37.5 Å². The number of methoxy groups -OCH3 is 2. The Morgan fingerprint density at radius 2 is 1.60 bits per heavy atom. The summed E-state index contributed by atoms with van der Waals surface area (Å²) in [4.78, 5) is 12.9. The molecule has 2 rings (SSSR count). The van der Waals surface area contributed by atoms with Gasteiger partial charge < -0.3 is 9.47 Å². The van der Waals surface area contributed by atoms with Crippen LogP contribution in [0, 0.1) is 12.3 Å². The summed E-state index contributed by atoms with van der Waals surface area (Å²) >= 11 is 0. The van der Waals surface area contributed by atoms with Crippen molar-refractivity contribution >= 4 is 5.78 Å². The number of ether oxygens (including phenoxy) is 2. The van der Waals surface area contributed by atoms with Gasteiger partial charge >= 0.3 is 0 Å². The Morgan fingerprint density at radius 3 is 2.15 bits per heavy atom. The van der Waals surface area contributed by atoms with Crippen LogP contribution in [0.4, 0.5) is 0 Å². The maximum Gasteiger partial charge on any atom is 0.169 e. The number of ketones is 1. The quantitative estimate of drug-likeness (QED) is 0.774. The highest BCUT2D eigenvalue weighted by Gasteiger charge is 2.36. The minimum Gasteiger partial charge on any atom is -0.493 e. The Labute approximate surface area is 121 Å². The van der Waals surface area contributed by atoms with Crippen LogP contribution in [0.15, 0.2) is 12.1 Å². The molecule has 0 atom stereocenters. The lowest BCUT2D eigenvalue weighted by Crippen LogP contribution is -2.30. The lowest BCUT2D eigenvalue weighted by molar-refractivity contribution is 0.0748. The molecule has 0 aliphatic heterocycles. The molecule has 0 saturated heterocycles. The number of benzene rings is 1. The van der Waals surface area contributed by atoms with Gasteiger partial charge in [-0.2, -0.15) is 0 Å². The minimum absolute atomic E-state index is 0.220. The normalized spacial score (nSPS) is 17.6. The van der Waals surface area contributed by atoms with Crippen LogP contribution in [0.1, 0.15) is 54.9 Å². The summed E-state index contributed by atoms with van der Waals surface area (Å²) in [5.74, 6) is 1.55. The number of hydrogen-bond acceptors (Lipinski definition) is 3. The molecule has 0 amide bonds. The first-order valence-electron chi connectivity index (χ1n) is 7.29. The molecule has 0 spiro atoms. The van der Waals surface area contributed by atoms with Crippen molar-refractivity contribution in [3.05, 3.63) is 23.3 Å². The van der Waals surface area contributed by atoms with E-state index in [2.05, 4.69) is 6.92 Å². The molecule has 0 heterocycles. The standard InChI is InChI=1S/C17H24O3/c1-12-10-14(19-3)15(20-4)11-13(12)16(18)17(2)8-6-5-7-9-17/h10-11H,5-9H2,1-4H3. The SMILES string of the molecule is COc1cc(C)c(C(=O)C2(C)CCCCC2)cc1OC. The molecule has 110 valence electrons. The summed E-state index contributed by atoms with van der Waals surface area (Å²) in [7, 11) is 3.21. The van der Waals surface area contributed by atoms with Crippen molar-refractivity contribution < 1.29 is 14.3 Å². The monoisotopic (exact) mass is 276 g/mol. The fraction of sp³-hybridized carbons (Fsp3) is 0.588. The Balaban J connectivity index is 2.39. The Kier molecular flexibility index (Phi) is 4.36. The van der Waals surface area contributed by atoms with Gasteiger partial charge in [0.05, 0.1) is 14.2 Å². The van der Waals surface area contributed by atoms with Gasteiger partial charge in [-0.15, -0.1) is 0 Å². The van der Waals surface area contributed by atoms with E-state index >= 15 is 0 Å². The lowest BCUT2D eigenvalue weighted by Gasteiger charge is -2.32. The smallest absolute Gasteiger partial charge is 0.169 e. The average molecular weight is 276 g/mol. The third-order valence-corrected chi connectivity index (χ3v) is 4.48. The molecule has 1 aliphatic rings. The molecule has 0 aromatic heterocycles. The van der Waals surface area contributed by atoms with Crippen LogP contribution in [-0.2, 0) is 0 Å². The summed E-state index contributed by atoms with van der Waals surface area (Å²) < 4.78 is 10.6. The highest BCUT2D eigenvalue weighted by Crippen LogP contribution is 2.41. The van der Waals surface area contributed by atoms with Crippen LogP contribution in [0.25, 0.3) is 0 Å². The van der Waals surface area contributed by atoms with E-state index in [9.17, 15) is 4.79 Å². The number of aryl methyl sites for hydroxylation is 1. The van der Waals surface area contributed by atoms with Crippen LogP contribution in [0.2, 0.25) is 0 Å². The molecular formula is C17H24O3. The number of Topliss-reactive ketones (excluding diaryl/α,β-unsaturated/α-hetero) is 1. The average Bonchev–Trinajstić information content (AvgIpc) is 2.47. The van der Waals surface area contributed by atoms with Crippen molar-refractivity contribution in [2.24, 2.45) is 5.41 Å². The zero-order valence-corrected chi connectivity index (χ0v) is 12.9. The Hall–Kier alpha value is -1.51. The van der Waals surface area contributed by atoms with Crippen molar-refractivity contribution in [2.45, 2.75) is 46.0 Å². The molecule has 0 radical (unpaired) electrons. The molecule has 1 aliphatic carbocycles. The van der Waals surface area contributed by atoms with Crippen LogP contribution in [-0.4, -0.2) is 20.0 Å². The van der Waals surface area contributed by atoms with E-state index < -0.39 is 0 Å². The fourth-order valence-electron chi connectivity index (χ4n) is 3.11. The second kappa shape index (κ2) is 5.86. The van der Waals surface area contributed by atoms with Crippen molar-refractivity contribution in [3.8, 4) is 11.5 Å². The molecule has 1 aromatic rings. The summed E-state index contributed by atoms with van der Waals surface area (Å²) in [5, 5.41) is 0. The first-order valence-corrected chi connectivity index (χ1v) is 7.29. The Bertz CT molecular complexity index is 499. The fourth-order valence-corrected chi connectivity index (χ4v) is 3.11. The molecule has 0 N–H and O–H groups in total.